The third-order valence-electron chi connectivity index (χ3n) is 4.06. The number of hydrogen-bond acceptors (Lipinski definition) is 4. The van der Waals surface area contributed by atoms with E-state index >= 15 is 0 Å². The molecule has 3 rings (SSSR count). The highest BCUT2D eigenvalue weighted by Crippen LogP contribution is 2.25. The number of rotatable bonds is 8. The monoisotopic (exact) mass is 410 g/mol. The normalized spacial score (nSPS) is 11.2. The Kier molecular flexibility index (Phi) is 6.64. The van der Waals surface area contributed by atoms with Gasteiger partial charge in [-0.15, -0.1) is 0 Å². The molecule has 0 atom stereocenters. The van der Waals surface area contributed by atoms with E-state index < -0.39 is 10.0 Å². The van der Waals surface area contributed by atoms with Gasteiger partial charge in [0.05, 0.1) is 6.26 Å². The predicted octanol–water partition coefficient (Wildman–Crippen LogP) is 3.80. The van der Waals surface area contributed by atoms with Gasteiger partial charge in [0, 0.05) is 11.4 Å². The molecule has 6 nitrogen and oxygen atoms in total. The lowest BCUT2D eigenvalue weighted by molar-refractivity contribution is -0.121. The summed E-state index contributed by atoms with van der Waals surface area (Å²) in [6, 6.07) is 25.8. The van der Waals surface area contributed by atoms with Crippen molar-refractivity contribution >= 4 is 27.3 Å². The number of sulfonamides is 1. The molecular weight excluding hydrogens is 388 g/mol. The highest BCUT2D eigenvalue weighted by molar-refractivity contribution is 7.92. The minimum Gasteiger partial charge on any atom is -0.359 e. The lowest BCUT2D eigenvalue weighted by Gasteiger charge is -2.19. The van der Waals surface area contributed by atoms with Crippen LogP contribution in [0.2, 0.25) is 0 Å². The Morgan fingerprint density at radius 1 is 0.828 bits per heavy atom. The molecule has 0 radical (unpaired) electrons. The Balaban J connectivity index is 1.63. The molecule has 0 saturated heterocycles. The van der Waals surface area contributed by atoms with E-state index in [1.54, 1.807) is 24.3 Å². The lowest BCUT2D eigenvalue weighted by atomic mass is 10.0. The van der Waals surface area contributed by atoms with Gasteiger partial charge in [0.25, 0.3) is 0 Å². The zero-order valence-corrected chi connectivity index (χ0v) is 16.7. The summed E-state index contributed by atoms with van der Waals surface area (Å²) in [6.07, 6.45) is 0.722. The van der Waals surface area contributed by atoms with Gasteiger partial charge in [-0.05, 0) is 35.4 Å². The van der Waals surface area contributed by atoms with Crippen molar-refractivity contribution < 1.29 is 17.9 Å². The van der Waals surface area contributed by atoms with Crippen LogP contribution in [0.1, 0.15) is 17.2 Å². The second-order valence-corrected chi connectivity index (χ2v) is 8.26. The van der Waals surface area contributed by atoms with Crippen LogP contribution in [0.3, 0.4) is 0 Å². The van der Waals surface area contributed by atoms with Gasteiger partial charge in [-0.25, -0.2) is 8.42 Å². The summed E-state index contributed by atoms with van der Waals surface area (Å²) >= 11 is 0. The average Bonchev–Trinajstić information content (AvgIpc) is 2.70. The van der Waals surface area contributed by atoms with E-state index in [9.17, 15) is 13.2 Å². The van der Waals surface area contributed by atoms with Crippen LogP contribution in [0.4, 0.5) is 11.4 Å². The number of amides is 1. The van der Waals surface area contributed by atoms with Gasteiger partial charge in [-0.2, -0.15) is 0 Å². The summed E-state index contributed by atoms with van der Waals surface area (Å²) < 4.78 is 30.8. The second kappa shape index (κ2) is 9.36. The number of carbonyl (C=O) groups is 1. The topological polar surface area (TPSA) is 84.5 Å². The number of benzene rings is 3. The number of anilines is 2. The van der Waals surface area contributed by atoms with Crippen molar-refractivity contribution in [2.45, 2.75) is 6.10 Å². The molecule has 0 saturated carbocycles. The molecule has 0 aliphatic rings. The minimum atomic E-state index is -3.34. The van der Waals surface area contributed by atoms with E-state index in [2.05, 4.69) is 10.0 Å². The largest absolute Gasteiger partial charge is 0.359 e. The summed E-state index contributed by atoms with van der Waals surface area (Å²) in [5.74, 6) is -0.300. The quantitative estimate of drug-likeness (QED) is 0.592. The molecule has 0 fully saturated rings. The van der Waals surface area contributed by atoms with E-state index in [0.717, 1.165) is 17.4 Å². The van der Waals surface area contributed by atoms with Crippen molar-refractivity contribution in [3.63, 3.8) is 0 Å². The van der Waals surface area contributed by atoms with Crippen molar-refractivity contribution in [3.8, 4) is 0 Å². The molecule has 7 heteroatoms. The van der Waals surface area contributed by atoms with Crippen molar-refractivity contribution in [3.05, 3.63) is 96.1 Å². The molecule has 0 aromatic heterocycles. The third-order valence-corrected chi connectivity index (χ3v) is 4.66. The number of nitrogens with one attached hydrogen (secondary N) is 2. The van der Waals surface area contributed by atoms with Crippen molar-refractivity contribution in [2.24, 2.45) is 0 Å². The summed E-state index contributed by atoms with van der Waals surface area (Å²) in [7, 11) is -3.34. The van der Waals surface area contributed by atoms with Gasteiger partial charge in [0.1, 0.15) is 12.7 Å². The van der Waals surface area contributed by atoms with Gasteiger partial charge < -0.3 is 10.1 Å². The van der Waals surface area contributed by atoms with Crippen LogP contribution in [0.5, 0.6) is 0 Å². The van der Waals surface area contributed by atoms with Crippen LogP contribution >= 0.6 is 0 Å². The first kappa shape index (κ1) is 20.6. The fourth-order valence-electron chi connectivity index (χ4n) is 2.83. The maximum Gasteiger partial charge on any atom is 0.250 e. The molecular formula is C22H22N2O4S. The maximum atomic E-state index is 12.3. The van der Waals surface area contributed by atoms with Crippen LogP contribution in [-0.4, -0.2) is 27.2 Å². The molecule has 1 amide bonds. The van der Waals surface area contributed by atoms with Crippen LogP contribution in [-0.2, 0) is 19.6 Å². The van der Waals surface area contributed by atoms with Crippen molar-refractivity contribution in [1.82, 2.24) is 0 Å². The summed E-state index contributed by atoms with van der Waals surface area (Å²) in [4.78, 5) is 12.3. The van der Waals surface area contributed by atoms with Crippen LogP contribution in [0.25, 0.3) is 0 Å². The number of carbonyl (C=O) groups excluding carboxylic acids is 1. The van der Waals surface area contributed by atoms with Gasteiger partial charge in [-0.1, -0.05) is 60.7 Å². The van der Waals surface area contributed by atoms with Gasteiger partial charge >= 0.3 is 0 Å². The van der Waals surface area contributed by atoms with Crippen molar-refractivity contribution in [1.29, 1.82) is 0 Å². The van der Waals surface area contributed by atoms with E-state index in [1.807, 2.05) is 60.7 Å². The molecule has 0 heterocycles. The molecule has 0 aliphatic heterocycles. The van der Waals surface area contributed by atoms with Crippen LogP contribution in [0.15, 0.2) is 84.9 Å². The Morgan fingerprint density at radius 3 is 1.79 bits per heavy atom. The molecule has 0 spiro atoms. The molecule has 3 aromatic carbocycles. The molecule has 0 bridgehead atoms. The van der Waals surface area contributed by atoms with Gasteiger partial charge in [0.2, 0.25) is 15.9 Å². The lowest BCUT2D eigenvalue weighted by Crippen LogP contribution is -2.20. The first-order chi connectivity index (χ1) is 13.9. The summed E-state index contributed by atoms with van der Waals surface area (Å²) in [6.45, 7) is -0.127. The standard InChI is InChI=1S/C22H22N2O4S/c1-29(26,27)24-20-14-12-19(13-15-20)23-21(25)16-28-22(17-8-4-2-5-9-17)18-10-6-3-7-11-18/h2-15,22,24H,16H2,1H3,(H,23,25). The third kappa shape index (κ3) is 6.44. The molecule has 3 aromatic rings. The fourth-order valence-corrected chi connectivity index (χ4v) is 3.40. The highest BCUT2D eigenvalue weighted by atomic mass is 32.2. The molecule has 29 heavy (non-hydrogen) atoms. The first-order valence-corrected chi connectivity index (χ1v) is 10.9. The summed E-state index contributed by atoms with van der Waals surface area (Å²) in [5.41, 5.74) is 2.90. The molecule has 2 N–H and O–H groups in total. The highest BCUT2D eigenvalue weighted by Gasteiger charge is 2.16. The minimum absolute atomic E-state index is 0.127. The Hall–Kier alpha value is -3.16. The number of hydrogen-bond donors (Lipinski definition) is 2. The van der Waals surface area contributed by atoms with Crippen LogP contribution < -0.4 is 10.0 Å². The maximum absolute atomic E-state index is 12.3. The van der Waals surface area contributed by atoms with E-state index in [4.69, 9.17) is 4.74 Å². The molecule has 150 valence electrons. The Labute approximate surface area is 170 Å². The zero-order chi connectivity index (χ0) is 20.7. The second-order valence-electron chi connectivity index (χ2n) is 6.51. The summed E-state index contributed by atoms with van der Waals surface area (Å²) in [5, 5.41) is 2.75. The van der Waals surface area contributed by atoms with E-state index in [-0.39, 0.29) is 18.6 Å². The van der Waals surface area contributed by atoms with E-state index in [1.165, 1.54) is 0 Å². The van der Waals surface area contributed by atoms with Gasteiger partial charge in [-0.3, -0.25) is 9.52 Å². The SMILES string of the molecule is CS(=O)(=O)Nc1ccc(NC(=O)COC(c2ccccc2)c2ccccc2)cc1. The first-order valence-electron chi connectivity index (χ1n) is 9.00. The molecule has 0 unspecified atom stereocenters. The van der Waals surface area contributed by atoms with Crippen molar-refractivity contribution in [2.75, 3.05) is 22.9 Å². The zero-order valence-electron chi connectivity index (χ0n) is 15.9. The average molecular weight is 410 g/mol. The van der Waals surface area contributed by atoms with Crippen LogP contribution in [0, 0.1) is 0 Å². The van der Waals surface area contributed by atoms with Gasteiger partial charge in [0.15, 0.2) is 0 Å². The Bertz CT molecular complexity index is 998. The number of ether oxygens (including phenoxy) is 1. The fraction of sp³-hybridized carbons (Fsp3) is 0.136. The smallest absolute Gasteiger partial charge is 0.250 e. The Morgan fingerprint density at radius 2 is 1.31 bits per heavy atom. The molecule has 0 aliphatic carbocycles. The van der Waals surface area contributed by atoms with E-state index in [0.29, 0.717) is 11.4 Å². The predicted molar refractivity (Wildman–Crippen MR) is 114 cm³/mol.